The molecule has 0 aliphatic carbocycles. The van der Waals surface area contributed by atoms with Gasteiger partial charge in [0.1, 0.15) is 5.52 Å². The molecule has 14 heavy (non-hydrogen) atoms. The van der Waals surface area contributed by atoms with Crippen LogP contribution in [0.5, 0.6) is 0 Å². The molecule has 0 spiro atoms. The topological polar surface area (TPSA) is 76.0 Å². The van der Waals surface area contributed by atoms with Crippen LogP contribution in [0.1, 0.15) is 16.2 Å². The van der Waals surface area contributed by atoms with Gasteiger partial charge in [0.25, 0.3) is 0 Å². The molecule has 5 nitrogen and oxygen atoms in total. The van der Waals surface area contributed by atoms with Gasteiger partial charge in [-0.3, -0.25) is 0 Å². The summed E-state index contributed by atoms with van der Waals surface area (Å²) in [7, 11) is 0. The molecule has 0 saturated carbocycles. The van der Waals surface area contributed by atoms with Gasteiger partial charge in [0.15, 0.2) is 10.4 Å². The molecular formula is C7H4BrN3O2S. The van der Waals surface area contributed by atoms with E-state index in [2.05, 4.69) is 30.3 Å². The second-order valence-electron chi connectivity index (χ2n) is 2.59. The number of aromatic nitrogens is 3. The summed E-state index contributed by atoms with van der Waals surface area (Å²) in [5.41, 5.74) is 1.10. The monoisotopic (exact) mass is 273 g/mol. The summed E-state index contributed by atoms with van der Waals surface area (Å²) in [5.74, 6) is -1.07. The first-order valence-corrected chi connectivity index (χ1v) is 5.19. The average molecular weight is 274 g/mol. The fourth-order valence-corrected chi connectivity index (χ4v) is 2.27. The van der Waals surface area contributed by atoms with Crippen molar-refractivity contribution in [3.05, 3.63) is 16.1 Å². The highest BCUT2D eigenvalue weighted by Gasteiger charge is 2.16. The van der Waals surface area contributed by atoms with Gasteiger partial charge in [-0.05, 0) is 34.4 Å². The Morgan fingerprint density at radius 2 is 2.21 bits per heavy atom. The minimum atomic E-state index is -1.07. The van der Waals surface area contributed by atoms with Gasteiger partial charge in [-0.25, -0.2) is 14.8 Å². The number of hydrogen-bond acceptors (Lipinski definition) is 5. The molecular weight excluding hydrogens is 270 g/mol. The highest BCUT2D eigenvalue weighted by molar-refractivity contribution is 9.10. The van der Waals surface area contributed by atoms with Crippen LogP contribution >= 0.6 is 27.5 Å². The molecule has 0 amide bonds. The van der Waals surface area contributed by atoms with Gasteiger partial charge < -0.3 is 5.11 Å². The third kappa shape index (κ3) is 1.38. The van der Waals surface area contributed by atoms with Crippen LogP contribution in [0, 0.1) is 6.92 Å². The van der Waals surface area contributed by atoms with Crippen LogP contribution in [-0.4, -0.2) is 25.4 Å². The lowest BCUT2D eigenvalue weighted by molar-refractivity contribution is 0.0694. The number of carbonyl (C=O) groups is 1. The average Bonchev–Trinajstić information content (AvgIpc) is 2.47. The largest absolute Gasteiger partial charge is 0.476 e. The van der Waals surface area contributed by atoms with Crippen molar-refractivity contribution in [2.45, 2.75) is 6.92 Å². The van der Waals surface area contributed by atoms with Crippen LogP contribution in [0.15, 0.2) is 4.73 Å². The Morgan fingerprint density at radius 3 is 2.86 bits per heavy atom. The summed E-state index contributed by atoms with van der Waals surface area (Å²) in [4.78, 5) is 18.8. The number of carboxylic acids is 1. The number of rotatable bonds is 1. The Hall–Kier alpha value is -1.08. The Morgan fingerprint density at radius 1 is 1.50 bits per heavy atom. The molecule has 1 N–H and O–H groups in total. The predicted molar refractivity (Wildman–Crippen MR) is 54.6 cm³/mol. The van der Waals surface area contributed by atoms with Crippen LogP contribution in [-0.2, 0) is 0 Å². The minimum absolute atomic E-state index is 0.0174. The third-order valence-electron chi connectivity index (χ3n) is 1.66. The Labute approximate surface area is 91.1 Å². The first kappa shape index (κ1) is 9.47. The lowest BCUT2D eigenvalue weighted by Gasteiger charge is -1.94. The van der Waals surface area contributed by atoms with E-state index < -0.39 is 5.97 Å². The van der Waals surface area contributed by atoms with E-state index in [1.807, 2.05) is 0 Å². The van der Waals surface area contributed by atoms with Crippen molar-refractivity contribution in [1.29, 1.82) is 0 Å². The normalized spacial score (nSPS) is 10.7. The number of aromatic carboxylic acids is 1. The van der Waals surface area contributed by atoms with Crippen molar-refractivity contribution in [2.24, 2.45) is 0 Å². The molecule has 0 aliphatic heterocycles. The van der Waals surface area contributed by atoms with Crippen molar-refractivity contribution in [3.8, 4) is 0 Å². The van der Waals surface area contributed by atoms with E-state index in [9.17, 15) is 4.79 Å². The zero-order chi connectivity index (χ0) is 10.3. The summed E-state index contributed by atoms with van der Waals surface area (Å²) >= 11 is 4.21. The number of carboxylic acid groups (broad SMARTS) is 1. The van der Waals surface area contributed by atoms with E-state index in [0.717, 1.165) is 17.2 Å². The molecule has 0 aliphatic rings. The lowest BCUT2D eigenvalue weighted by Crippen LogP contribution is -1.98. The molecule has 0 radical (unpaired) electrons. The molecule has 7 heteroatoms. The highest BCUT2D eigenvalue weighted by Crippen LogP contribution is 2.24. The SMILES string of the molecule is Cc1nc(Br)nc2c(C(=O)O)nsc12. The molecule has 72 valence electrons. The zero-order valence-corrected chi connectivity index (χ0v) is 9.39. The first-order chi connectivity index (χ1) is 6.59. The van der Waals surface area contributed by atoms with E-state index >= 15 is 0 Å². The van der Waals surface area contributed by atoms with E-state index in [-0.39, 0.29) is 5.69 Å². The second-order valence-corrected chi connectivity index (χ2v) is 4.07. The van der Waals surface area contributed by atoms with Gasteiger partial charge in [0.05, 0.1) is 10.4 Å². The molecule has 2 rings (SSSR count). The molecule has 0 bridgehead atoms. The fraction of sp³-hybridized carbons (Fsp3) is 0.143. The molecule has 0 unspecified atom stereocenters. The van der Waals surface area contributed by atoms with Crippen molar-refractivity contribution >= 4 is 43.6 Å². The molecule has 2 aromatic heterocycles. The quantitative estimate of drug-likeness (QED) is 0.803. The third-order valence-corrected chi connectivity index (χ3v) is 2.96. The van der Waals surface area contributed by atoms with Gasteiger partial charge in [0, 0.05) is 0 Å². The van der Waals surface area contributed by atoms with Crippen molar-refractivity contribution in [2.75, 3.05) is 0 Å². The number of nitrogens with zero attached hydrogens (tertiary/aromatic N) is 3. The van der Waals surface area contributed by atoms with Crippen LogP contribution in [0.4, 0.5) is 0 Å². The van der Waals surface area contributed by atoms with E-state index in [1.54, 1.807) is 6.92 Å². The number of halogens is 1. The Balaban J connectivity index is 2.85. The summed E-state index contributed by atoms with van der Waals surface area (Å²) in [5, 5.41) is 8.82. The van der Waals surface area contributed by atoms with Crippen molar-refractivity contribution in [1.82, 2.24) is 14.3 Å². The molecule has 0 saturated heterocycles. The van der Waals surface area contributed by atoms with Gasteiger partial charge in [-0.15, -0.1) is 0 Å². The number of fused-ring (bicyclic) bond motifs is 1. The van der Waals surface area contributed by atoms with E-state index in [1.165, 1.54) is 0 Å². The number of aryl methyl sites for hydroxylation is 1. The molecule has 0 fully saturated rings. The van der Waals surface area contributed by atoms with Crippen LogP contribution < -0.4 is 0 Å². The summed E-state index contributed by atoms with van der Waals surface area (Å²) in [6.07, 6.45) is 0. The van der Waals surface area contributed by atoms with Crippen LogP contribution in [0.25, 0.3) is 10.2 Å². The van der Waals surface area contributed by atoms with Crippen LogP contribution in [0.3, 0.4) is 0 Å². The predicted octanol–water partition coefficient (Wildman–Crippen LogP) is 1.86. The van der Waals surface area contributed by atoms with E-state index in [4.69, 9.17) is 5.11 Å². The standard InChI is InChI=1S/C7H4BrN3O2S/c1-2-5-3(10-7(8)9-2)4(6(12)13)11-14-5/h1H3,(H,12,13). The van der Waals surface area contributed by atoms with E-state index in [0.29, 0.717) is 15.0 Å². The smallest absolute Gasteiger partial charge is 0.357 e. The van der Waals surface area contributed by atoms with Gasteiger partial charge in [-0.1, -0.05) is 0 Å². The Kier molecular flexibility index (Phi) is 2.20. The fourth-order valence-electron chi connectivity index (χ4n) is 1.07. The minimum Gasteiger partial charge on any atom is -0.476 e. The second kappa shape index (κ2) is 3.25. The molecule has 2 aromatic rings. The maximum atomic E-state index is 10.8. The summed E-state index contributed by atoms with van der Waals surface area (Å²) in [6, 6.07) is 0. The van der Waals surface area contributed by atoms with Crippen molar-refractivity contribution in [3.63, 3.8) is 0 Å². The molecule has 0 aromatic carbocycles. The highest BCUT2D eigenvalue weighted by atomic mass is 79.9. The Bertz CT molecular complexity index is 525. The lowest BCUT2D eigenvalue weighted by atomic mass is 10.3. The first-order valence-electron chi connectivity index (χ1n) is 3.62. The zero-order valence-electron chi connectivity index (χ0n) is 6.98. The van der Waals surface area contributed by atoms with Crippen molar-refractivity contribution < 1.29 is 9.90 Å². The van der Waals surface area contributed by atoms with Gasteiger partial charge >= 0.3 is 5.97 Å². The van der Waals surface area contributed by atoms with Gasteiger partial charge in [-0.2, -0.15) is 4.37 Å². The maximum absolute atomic E-state index is 10.8. The molecule has 0 atom stereocenters. The number of hydrogen-bond donors (Lipinski definition) is 1. The summed E-state index contributed by atoms with van der Waals surface area (Å²) in [6.45, 7) is 1.79. The summed E-state index contributed by atoms with van der Waals surface area (Å²) < 4.78 is 4.91. The molecule has 2 heterocycles. The van der Waals surface area contributed by atoms with Gasteiger partial charge in [0.2, 0.25) is 0 Å². The van der Waals surface area contributed by atoms with Crippen LogP contribution in [0.2, 0.25) is 0 Å². The maximum Gasteiger partial charge on any atom is 0.357 e.